The van der Waals surface area contributed by atoms with Crippen molar-refractivity contribution >= 4 is 5.91 Å². The minimum atomic E-state index is -2.60. The number of nitrogens with zero attached hydrogens (tertiary/aromatic N) is 4. The Morgan fingerprint density at radius 2 is 2.00 bits per heavy atom. The van der Waals surface area contributed by atoms with Crippen molar-refractivity contribution in [1.82, 2.24) is 19.7 Å². The number of rotatable bonds is 3. The van der Waals surface area contributed by atoms with E-state index in [9.17, 15) is 18.0 Å². The molecule has 0 saturated carbocycles. The van der Waals surface area contributed by atoms with E-state index in [1.54, 1.807) is 0 Å². The monoisotopic (exact) mass is 350 g/mol. The molecule has 0 radical (unpaired) electrons. The first kappa shape index (κ1) is 16.1. The van der Waals surface area contributed by atoms with Crippen LogP contribution >= 0.6 is 0 Å². The number of carbonyl (C=O) groups is 1. The lowest BCUT2D eigenvalue weighted by Crippen LogP contribution is -2.40. The van der Waals surface area contributed by atoms with E-state index in [1.807, 2.05) is 30.3 Å². The molecule has 0 N–H and O–H groups in total. The normalized spacial score (nSPS) is 25.6. The lowest BCUT2D eigenvalue weighted by atomic mass is 10.0. The third-order valence-electron chi connectivity index (χ3n) is 4.89. The van der Waals surface area contributed by atoms with Crippen LogP contribution < -0.4 is 0 Å². The summed E-state index contributed by atoms with van der Waals surface area (Å²) >= 11 is 0. The number of amides is 1. The van der Waals surface area contributed by atoms with E-state index < -0.39 is 24.5 Å². The highest BCUT2D eigenvalue weighted by Crippen LogP contribution is 2.39. The fourth-order valence-corrected chi connectivity index (χ4v) is 3.66. The lowest BCUT2D eigenvalue weighted by molar-refractivity contribution is 0.0354. The number of alkyl halides is 3. The smallest absolute Gasteiger partial charge is 0.293 e. The van der Waals surface area contributed by atoms with E-state index in [0.29, 0.717) is 6.42 Å². The first-order valence-electron chi connectivity index (χ1n) is 8.31. The van der Waals surface area contributed by atoms with Crippen molar-refractivity contribution in [1.29, 1.82) is 0 Å². The van der Waals surface area contributed by atoms with Crippen molar-refractivity contribution in [2.45, 2.75) is 43.9 Å². The molecule has 25 heavy (non-hydrogen) atoms. The molecular weight excluding hydrogens is 333 g/mol. The summed E-state index contributed by atoms with van der Waals surface area (Å²) in [6.45, 7) is 0.249. The maximum Gasteiger partial charge on any atom is 0.293 e. The van der Waals surface area contributed by atoms with Crippen molar-refractivity contribution in [3.05, 3.63) is 47.5 Å². The summed E-state index contributed by atoms with van der Waals surface area (Å²) in [5.41, 5.74) is 0.874. The van der Waals surface area contributed by atoms with E-state index >= 15 is 0 Å². The number of benzene rings is 1. The van der Waals surface area contributed by atoms with Crippen LogP contribution in [0.4, 0.5) is 13.2 Å². The number of fused-ring (bicyclic) bond motifs is 1. The maximum absolute atomic E-state index is 14.3. The predicted octanol–water partition coefficient (Wildman–Crippen LogP) is 3.15. The van der Waals surface area contributed by atoms with Crippen LogP contribution in [0.5, 0.6) is 0 Å². The summed E-state index contributed by atoms with van der Waals surface area (Å²) < 4.78 is 41.9. The summed E-state index contributed by atoms with van der Waals surface area (Å²) in [7, 11) is 0. The van der Waals surface area contributed by atoms with E-state index in [4.69, 9.17) is 0 Å². The predicted molar refractivity (Wildman–Crippen MR) is 83.1 cm³/mol. The second kappa shape index (κ2) is 6.16. The molecule has 5 nitrogen and oxygen atoms in total. The van der Waals surface area contributed by atoms with Gasteiger partial charge < -0.3 is 4.90 Å². The first-order valence-corrected chi connectivity index (χ1v) is 8.31. The minimum absolute atomic E-state index is 0.0880. The largest absolute Gasteiger partial charge is 0.327 e. The van der Waals surface area contributed by atoms with Crippen LogP contribution in [-0.4, -0.2) is 44.6 Å². The van der Waals surface area contributed by atoms with Gasteiger partial charge in [0.05, 0.1) is 12.1 Å². The molecule has 1 aromatic carbocycles. The molecule has 1 fully saturated rings. The van der Waals surface area contributed by atoms with E-state index in [2.05, 4.69) is 10.1 Å². The minimum Gasteiger partial charge on any atom is -0.327 e. The summed E-state index contributed by atoms with van der Waals surface area (Å²) in [6, 6.07) is 7.83. The summed E-state index contributed by atoms with van der Waals surface area (Å²) in [5.74, 6) is -0.764. The molecule has 1 saturated heterocycles. The SMILES string of the molecule is O=C(c1nc2n(n1)[C@@H](c1ccccc1)C[C@H]2F)N1CCCC1C(F)F. The standard InChI is InChI=1S/C17H17F3N4O/c18-11-9-13(10-5-2-1-3-6-10)24-16(11)21-15(22-24)17(25)23-8-4-7-12(23)14(19)20/h1-3,5-6,11-14H,4,7-9H2/t11-,12?,13-/m1/s1. The first-order chi connectivity index (χ1) is 12.1. The van der Waals surface area contributed by atoms with E-state index in [0.717, 1.165) is 10.5 Å². The molecule has 1 aromatic heterocycles. The molecule has 2 aliphatic rings. The fourth-order valence-electron chi connectivity index (χ4n) is 3.66. The summed E-state index contributed by atoms with van der Waals surface area (Å²) in [5, 5.41) is 4.17. The van der Waals surface area contributed by atoms with Crippen LogP contribution in [0, 0.1) is 0 Å². The average Bonchev–Trinajstić information content (AvgIpc) is 3.31. The highest BCUT2D eigenvalue weighted by molar-refractivity contribution is 5.91. The van der Waals surface area contributed by atoms with Crippen LogP contribution in [0.15, 0.2) is 30.3 Å². The van der Waals surface area contributed by atoms with Gasteiger partial charge in [0, 0.05) is 13.0 Å². The Morgan fingerprint density at radius 1 is 1.24 bits per heavy atom. The molecule has 2 aliphatic heterocycles. The average molecular weight is 350 g/mol. The Labute approximate surface area is 142 Å². The van der Waals surface area contributed by atoms with Gasteiger partial charge in [0.15, 0.2) is 12.0 Å². The molecule has 132 valence electrons. The van der Waals surface area contributed by atoms with Crippen LogP contribution in [0.1, 0.15) is 53.5 Å². The van der Waals surface area contributed by atoms with Crippen LogP contribution in [0.25, 0.3) is 0 Å². The van der Waals surface area contributed by atoms with Gasteiger partial charge in [0.1, 0.15) is 0 Å². The van der Waals surface area contributed by atoms with Gasteiger partial charge in [-0.05, 0) is 18.4 Å². The third kappa shape index (κ3) is 2.69. The lowest BCUT2D eigenvalue weighted by Gasteiger charge is -2.22. The number of carbonyl (C=O) groups excluding carboxylic acids is 1. The highest BCUT2D eigenvalue weighted by Gasteiger charge is 2.40. The van der Waals surface area contributed by atoms with E-state index in [-0.39, 0.29) is 37.1 Å². The van der Waals surface area contributed by atoms with Gasteiger partial charge in [-0.2, -0.15) is 0 Å². The van der Waals surface area contributed by atoms with Gasteiger partial charge >= 0.3 is 0 Å². The number of likely N-dealkylation sites (tertiary alicyclic amines) is 1. The van der Waals surface area contributed by atoms with Gasteiger partial charge in [-0.1, -0.05) is 30.3 Å². The Balaban J connectivity index is 1.64. The zero-order chi connectivity index (χ0) is 17.6. The van der Waals surface area contributed by atoms with Crippen molar-refractivity contribution in [2.75, 3.05) is 6.54 Å². The Morgan fingerprint density at radius 3 is 2.72 bits per heavy atom. The van der Waals surface area contributed by atoms with Gasteiger partial charge in [-0.3, -0.25) is 4.79 Å². The number of hydrogen-bond acceptors (Lipinski definition) is 3. The maximum atomic E-state index is 14.3. The zero-order valence-electron chi connectivity index (χ0n) is 13.4. The molecule has 2 aromatic rings. The van der Waals surface area contributed by atoms with Crippen molar-refractivity contribution in [3.8, 4) is 0 Å². The topological polar surface area (TPSA) is 51.0 Å². The van der Waals surface area contributed by atoms with Crippen LogP contribution in [-0.2, 0) is 0 Å². The van der Waals surface area contributed by atoms with Gasteiger partial charge in [0.25, 0.3) is 12.3 Å². The van der Waals surface area contributed by atoms with Gasteiger partial charge in [-0.25, -0.2) is 22.8 Å². The molecule has 0 spiro atoms. The van der Waals surface area contributed by atoms with Crippen LogP contribution in [0.3, 0.4) is 0 Å². The zero-order valence-corrected chi connectivity index (χ0v) is 13.4. The summed E-state index contributed by atoms with van der Waals surface area (Å²) in [6.07, 6.45) is -2.95. The Kier molecular flexibility index (Phi) is 3.97. The van der Waals surface area contributed by atoms with Crippen molar-refractivity contribution in [3.63, 3.8) is 0 Å². The fraction of sp³-hybridized carbons (Fsp3) is 0.471. The Hall–Kier alpha value is -2.38. The van der Waals surface area contributed by atoms with Crippen molar-refractivity contribution in [2.24, 2.45) is 0 Å². The highest BCUT2D eigenvalue weighted by atomic mass is 19.3. The Bertz CT molecular complexity index is 779. The number of hydrogen-bond donors (Lipinski definition) is 0. The molecule has 0 aliphatic carbocycles. The molecule has 1 amide bonds. The molecule has 4 rings (SSSR count). The van der Waals surface area contributed by atoms with Gasteiger partial charge in [-0.15, -0.1) is 5.10 Å². The summed E-state index contributed by atoms with van der Waals surface area (Å²) in [4.78, 5) is 17.7. The van der Waals surface area contributed by atoms with Crippen LogP contribution in [0.2, 0.25) is 0 Å². The van der Waals surface area contributed by atoms with Gasteiger partial charge in [0.2, 0.25) is 5.82 Å². The third-order valence-corrected chi connectivity index (χ3v) is 4.89. The molecule has 3 atom stereocenters. The van der Waals surface area contributed by atoms with E-state index in [1.165, 1.54) is 4.68 Å². The molecule has 3 heterocycles. The van der Waals surface area contributed by atoms with Crippen molar-refractivity contribution < 1.29 is 18.0 Å². The second-order valence-electron chi connectivity index (χ2n) is 6.41. The molecule has 0 bridgehead atoms. The quantitative estimate of drug-likeness (QED) is 0.854. The molecule has 1 unspecified atom stereocenters. The molecule has 8 heteroatoms. The number of aromatic nitrogens is 3. The second-order valence-corrected chi connectivity index (χ2v) is 6.41. The number of halogens is 3. The molecular formula is C17H17F3N4O.